The molecular formula is C25H20ClNO5. The van der Waals surface area contributed by atoms with Crippen LogP contribution in [0.25, 0.3) is 0 Å². The lowest BCUT2D eigenvalue weighted by atomic mass is 9.86. The van der Waals surface area contributed by atoms with E-state index in [-0.39, 0.29) is 0 Å². The second-order valence-electron chi connectivity index (χ2n) is 7.28. The zero-order valence-electron chi connectivity index (χ0n) is 17.4. The monoisotopic (exact) mass is 449 g/mol. The molecule has 0 radical (unpaired) electrons. The van der Waals surface area contributed by atoms with Gasteiger partial charge in [-0.2, -0.15) is 0 Å². The van der Waals surface area contributed by atoms with Crippen LogP contribution in [0.15, 0.2) is 72.8 Å². The van der Waals surface area contributed by atoms with Gasteiger partial charge in [0.15, 0.2) is 17.3 Å². The summed E-state index contributed by atoms with van der Waals surface area (Å²) < 4.78 is 10.6. The van der Waals surface area contributed by atoms with Crippen LogP contribution in [0, 0.1) is 5.92 Å². The first kappa shape index (κ1) is 21.6. The summed E-state index contributed by atoms with van der Waals surface area (Å²) in [6, 6.07) is 19.4. The van der Waals surface area contributed by atoms with Gasteiger partial charge in [-0.15, -0.1) is 0 Å². The number of amides is 1. The van der Waals surface area contributed by atoms with E-state index < -0.39 is 29.4 Å². The highest BCUT2D eigenvalue weighted by Gasteiger charge is 2.52. The molecule has 1 aliphatic rings. The smallest absolute Gasteiger partial charge is 0.295 e. The van der Waals surface area contributed by atoms with Gasteiger partial charge in [-0.05, 0) is 29.8 Å². The van der Waals surface area contributed by atoms with Crippen molar-refractivity contribution < 1.29 is 23.9 Å². The third-order valence-electron chi connectivity index (χ3n) is 5.50. The highest BCUT2D eigenvalue weighted by molar-refractivity contribution is 6.49. The molecule has 1 fully saturated rings. The van der Waals surface area contributed by atoms with Gasteiger partial charge in [0.1, 0.15) is 5.92 Å². The minimum Gasteiger partial charge on any atom is -0.493 e. The quantitative estimate of drug-likeness (QED) is 0.314. The summed E-state index contributed by atoms with van der Waals surface area (Å²) in [6.45, 7) is 0. The average molecular weight is 450 g/mol. The zero-order valence-corrected chi connectivity index (χ0v) is 18.2. The van der Waals surface area contributed by atoms with Crippen molar-refractivity contribution in [2.24, 2.45) is 5.92 Å². The number of rotatable bonds is 6. The van der Waals surface area contributed by atoms with Crippen molar-refractivity contribution in [2.75, 3.05) is 19.1 Å². The Morgan fingerprint density at radius 3 is 2.16 bits per heavy atom. The van der Waals surface area contributed by atoms with Crippen LogP contribution in [-0.2, 0) is 9.59 Å². The van der Waals surface area contributed by atoms with Crippen molar-refractivity contribution in [1.29, 1.82) is 0 Å². The van der Waals surface area contributed by atoms with Crippen molar-refractivity contribution in [3.8, 4) is 11.5 Å². The number of carbonyl (C=O) groups excluding carboxylic acids is 3. The molecule has 1 saturated heterocycles. The molecule has 2 unspecified atom stereocenters. The largest absolute Gasteiger partial charge is 0.493 e. The highest BCUT2D eigenvalue weighted by atomic mass is 35.5. The number of methoxy groups -OCH3 is 2. The maximum absolute atomic E-state index is 13.4. The first-order valence-corrected chi connectivity index (χ1v) is 10.3. The lowest BCUT2D eigenvalue weighted by Crippen LogP contribution is -2.30. The molecule has 1 amide bonds. The highest BCUT2D eigenvalue weighted by Crippen LogP contribution is 2.43. The Kier molecular flexibility index (Phi) is 5.97. The third-order valence-corrected chi connectivity index (χ3v) is 5.76. The molecule has 4 rings (SSSR count). The molecule has 1 heterocycles. The summed E-state index contributed by atoms with van der Waals surface area (Å²) >= 11 is 6.05. The Bertz CT molecular complexity index is 1180. The molecule has 0 spiro atoms. The number of nitrogens with zero attached hydrogens (tertiary/aromatic N) is 1. The van der Waals surface area contributed by atoms with E-state index in [1.807, 2.05) is 0 Å². The Labute approximate surface area is 190 Å². The summed E-state index contributed by atoms with van der Waals surface area (Å²) in [5, 5.41) is 0.507. The number of ketones is 2. The minimum absolute atomic E-state index is 0.367. The van der Waals surface area contributed by atoms with Gasteiger partial charge in [0.05, 0.1) is 20.3 Å². The maximum atomic E-state index is 13.4. The van der Waals surface area contributed by atoms with E-state index in [2.05, 4.69) is 0 Å². The average Bonchev–Trinajstić information content (AvgIpc) is 3.09. The maximum Gasteiger partial charge on any atom is 0.295 e. The van der Waals surface area contributed by atoms with Crippen LogP contribution in [0.1, 0.15) is 22.0 Å². The van der Waals surface area contributed by atoms with Gasteiger partial charge in [-0.1, -0.05) is 54.1 Å². The van der Waals surface area contributed by atoms with Crippen LogP contribution in [0.5, 0.6) is 11.5 Å². The van der Waals surface area contributed by atoms with Gasteiger partial charge in [-0.25, -0.2) is 0 Å². The molecule has 0 bridgehead atoms. The molecule has 0 aliphatic carbocycles. The number of ether oxygens (including phenoxy) is 2. The molecule has 0 saturated carbocycles. The first-order valence-electron chi connectivity index (χ1n) is 9.90. The van der Waals surface area contributed by atoms with E-state index >= 15 is 0 Å². The topological polar surface area (TPSA) is 72.9 Å². The summed E-state index contributed by atoms with van der Waals surface area (Å²) in [6.07, 6.45) is 0. The van der Waals surface area contributed by atoms with Gasteiger partial charge in [0, 0.05) is 22.3 Å². The Morgan fingerprint density at radius 1 is 0.875 bits per heavy atom. The standard InChI is InChI=1S/C25H20ClNO5/c1-31-19-13-12-18(14-20(19)32-2)27-22(15-8-10-17(26)11-9-15)21(24(29)25(27)30)23(28)16-6-4-3-5-7-16/h3-14,21-22H,1-2H3. The molecule has 6 nitrogen and oxygen atoms in total. The second kappa shape index (κ2) is 8.85. The van der Waals surface area contributed by atoms with Crippen LogP contribution in [0.3, 0.4) is 0 Å². The van der Waals surface area contributed by atoms with Crippen molar-refractivity contribution in [2.45, 2.75) is 6.04 Å². The predicted octanol–water partition coefficient (Wildman–Crippen LogP) is 4.51. The normalized spacial score (nSPS) is 18.0. The van der Waals surface area contributed by atoms with E-state index in [0.29, 0.717) is 33.3 Å². The molecule has 3 aromatic carbocycles. The van der Waals surface area contributed by atoms with Crippen LogP contribution in [0.2, 0.25) is 5.02 Å². The number of halogens is 1. The number of hydrogen-bond acceptors (Lipinski definition) is 5. The molecule has 7 heteroatoms. The first-order chi connectivity index (χ1) is 15.5. The van der Waals surface area contributed by atoms with E-state index in [1.165, 1.54) is 19.1 Å². The van der Waals surface area contributed by atoms with Crippen LogP contribution < -0.4 is 14.4 Å². The van der Waals surface area contributed by atoms with Gasteiger partial charge < -0.3 is 9.47 Å². The summed E-state index contributed by atoms with van der Waals surface area (Å²) in [4.78, 5) is 41.1. The van der Waals surface area contributed by atoms with Gasteiger partial charge >= 0.3 is 0 Å². The zero-order chi connectivity index (χ0) is 22.8. The van der Waals surface area contributed by atoms with Gasteiger partial charge in [0.25, 0.3) is 5.91 Å². The fraction of sp³-hybridized carbons (Fsp3) is 0.160. The van der Waals surface area contributed by atoms with Crippen molar-refractivity contribution in [1.82, 2.24) is 0 Å². The third kappa shape index (κ3) is 3.74. The Hall–Kier alpha value is -3.64. The molecule has 32 heavy (non-hydrogen) atoms. The summed E-state index contributed by atoms with van der Waals surface area (Å²) in [5.74, 6) is -2.24. The number of hydrogen-bond donors (Lipinski definition) is 0. The molecular weight excluding hydrogens is 430 g/mol. The van der Waals surface area contributed by atoms with Gasteiger partial charge in [-0.3, -0.25) is 19.3 Å². The van der Waals surface area contributed by atoms with Crippen LogP contribution in [-0.4, -0.2) is 31.7 Å². The van der Waals surface area contributed by atoms with E-state index in [4.69, 9.17) is 21.1 Å². The van der Waals surface area contributed by atoms with Crippen molar-refractivity contribution >= 4 is 34.8 Å². The SMILES string of the molecule is COc1ccc(N2C(=O)C(=O)C(C(=O)c3ccccc3)C2c2ccc(Cl)cc2)cc1OC. The van der Waals surface area contributed by atoms with Crippen LogP contribution in [0.4, 0.5) is 5.69 Å². The minimum atomic E-state index is -1.20. The van der Waals surface area contributed by atoms with Gasteiger partial charge in [0.2, 0.25) is 5.78 Å². The lowest BCUT2D eigenvalue weighted by Gasteiger charge is -2.28. The molecule has 3 aromatic rings. The molecule has 1 aliphatic heterocycles. The summed E-state index contributed by atoms with van der Waals surface area (Å²) in [7, 11) is 2.99. The molecule has 2 atom stereocenters. The van der Waals surface area contributed by atoms with Crippen molar-refractivity contribution in [3.63, 3.8) is 0 Å². The van der Waals surface area contributed by atoms with E-state index in [9.17, 15) is 14.4 Å². The Balaban J connectivity index is 1.87. The lowest BCUT2D eigenvalue weighted by molar-refractivity contribution is -0.135. The number of Topliss-reactive ketones (excluding diaryl/α,β-unsaturated/α-hetero) is 2. The molecule has 162 valence electrons. The second-order valence-corrected chi connectivity index (χ2v) is 7.72. The molecule has 0 N–H and O–H groups in total. The fourth-order valence-corrected chi connectivity index (χ4v) is 4.10. The van der Waals surface area contributed by atoms with E-state index in [0.717, 1.165) is 0 Å². The Morgan fingerprint density at radius 2 is 1.53 bits per heavy atom. The number of anilines is 1. The van der Waals surface area contributed by atoms with E-state index in [1.54, 1.807) is 72.8 Å². The molecule has 0 aromatic heterocycles. The fourth-order valence-electron chi connectivity index (χ4n) is 3.97. The van der Waals surface area contributed by atoms with Crippen LogP contribution >= 0.6 is 11.6 Å². The number of carbonyl (C=O) groups is 3. The predicted molar refractivity (Wildman–Crippen MR) is 120 cm³/mol. The summed E-state index contributed by atoms with van der Waals surface area (Å²) in [5.41, 5.74) is 1.41. The number of benzene rings is 3. The van der Waals surface area contributed by atoms with Crippen molar-refractivity contribution in [3.05, 3.63) is 88.9 Å².